The molecule has 2 aromatic heterocycles. The molecule has 0 amide bonds. The molecule has 0 atom stereocenters. The molecule has 5 rings (SSSR count). The van der Waals surface area contributed by atoms with Gasteiger partial charge in [-0.3, -0.25) is 10.4 Å². The topological polar surface area (TPSA) is 66.0 Å². The minimum absolute atomic E-state index is 0.851. The second-order valence-corrected chi connectivity index (χ2v) is 5.26. The van der Waals surface area contributed by atoms with Crippen molar-refractivity contribution in [2.24, 2.45) is 5.10 Å². The highest BCUT2D eigenvalue weighted by Gasteiger charge is 2.03. The average Bonchev–Trinajstić information content (AvgIpc) is 2.84. The Bertz CT molecular complexity index is 995. The van der Waals surface area contributed by atoms with Crippen LogP contribution < -0.4 is 5.43 Å². The van der Waals surface area contributed by atoms with Crippen molar-refractivity contribution in [2.45, 2.75) is 0 Å². The lowest BCUT2D eigenvalue weighted by Gasteiger charge is -2.00. The summed E-state index contributed by atoms with van der Waals surface area (Å²) in [5, 5.41) is 5.08. The fraction of sp³-hybridized carbons (Fsp3) is 0. The highest BCUT2D eigenvalue weighted by Crippen LogP contribution is 2.20. The number of aromatic nitrogens is 3. The number of nitrogens with zero attached hydrogens (tertiary/aromatic N) is 3. The highest BCUT2D eigenvalue weighted by atomic mass is 15.3. The van der Waals surface area contributed by atoms with E-state index in [1.54, 1.807) is 18.6 Å². The molecule has 2 N–H and O–H groups in total. The number of nitrogens with one attached hydrogen (secondary N) is 2. The van der Waals surface area contributed by atoms with Crippen LogP contribution in [-0.2, 0) is 0 Å². The van der Waals surface area contributed by atoms with Gasteiger partial charge >= 0.3 is 0 Å². The lowest BCUT2D eigenvalue weighted by atomic mass is 10.2. The number of aromatic amines is 1. The molecule has 2 aromatic carbocycles. The van der Waals surface area contributed by atoms with E-state index >= 15 is 0 Å². The summed E-state index contributed by atoms with van der Waals surface area (Å²) in [5.41, 5.74) is 8.04. The molecule has 24 heavy (non-hydrogen) atoms. The number of anilines is 1. The molecule has 0 unspecified atom stereocenters. The standard InChI is InChI=1S/C10H7N3.C9H8N2/c1-2-4-8-7(3-1)9-10(13-8)12-6-5-11-9;1-2-6-9-8(4-1)5-3-7-10-11-9/h1-6H,(H,12,13);1-7,11H. The van der Waals surface area contributed by atoms with Crippen LogP contribution in [-0.4, -0.2) is 21.2 Å². The number of rotatable bonds is 0. The maximum atomic E-state index is 4.28. The Hall–Kier alpha value is -3.47. The van der Waals surface area contributed by atoms with Gasteiger partial charge in [0.15, 0.2) is 5.65 Å². The first-order valence-electron chi connectivity index (χ1n) is 7.64. The Morgan fingerprint density at radius 2 is 1.67 bits per heavy atom. The molecule has 0 saturated carbocycles. The molecule has 4 aromatic rings. The van der Waals surface area contributed by atoms with Crippen molar-refractivity contribution >= 4 is 40.0 Å². The van der Waals surface area contributed by atoms with Gasteiger partial charge in [0.1, 0.15) is 5.52 Å². The summed E-state index contributed by atoms with van der Waals surface area (Å²) in [6.45, 7) is 0. The molecule has 0 spiro atoms. The molecule has 0 radical (unpaired) electrons. The van der Waals surface area contributed by atoms with Gasteiger partial charge in [-0.25, -0.2) is 4.98 Å². The molecular formula is C19H15N5. The van der Waals surface area contributed by atoms with E-state index in [1.165, 1.54) is 5.56 Å². The first-order chi connectivity index (χ1) is 11.9. The second kappa shape index (κ2) is 6.34. The predicted octanol–water partition coefficient (Wildman–Crippen LogP) is 4.22. The fourth-order valence-corrected chi connectivity index (χ4v) is 2.59. The van der Waals surface area contributed by atoms with Gasteiger partial charge in [-0.15, -0.1) is 0 Å². The van der Waals surface area contributed by atoms with E-state index in [1.807, 2.05) is 60.7 Å². The maximum absolute atomic E-state index is 4.28. The van der Waals surface area contributed by atoms with Crippen molar-refractivity contribution in [1.82, 2.24) is 15.0 Å². The number of fused-ring (bicyclic) bond motifs is 4. The molecule has 0 fully saturated rings. The van der Waals surface area contributed by atoms with Gasteiger partial charge in [0.2, 0.25) is 0 Å². The smallest absolute Gasteiger partial charge is 0.157 e. The quantitative estimate of drug-likeness (QED) is 0.511. The van der Waals surface area contributed by atoms with E-state index in [0.29, 0.717) is 0 Å². The number of para-hydroxylation sites is 2. The molecule has 1 aliphatic heterocycles. The fourth-order valence-electron chi connectivity index (χ4n) is 2.59. The van der Waals surface area contributed by atoms with Crippen LogP contribution in [0.2, 0.25) is 0 Å². The number of benzene rings is 2. The molecule has 1 aliphatic rings. The Morgan fingerprint density at radius 1 is 0.833 bits per heavy atom. The van der Waals surface area contributed by atoms with Crippen molar-refractivity contribution in [2.75, 3.05) is 5.43 Å². The van der Waals surface area contributed by atoms with Crippen molar-refractivity contribution in [3.05, 3.63) is 72.6 Å². The van der Waals surface area contributed by atoms with Crippen LogP contribution >= 0.6 is 0 Å². The highest BCUT2D eigenvalue weighted by molar-refractivity contribution is 6.03. The van der Waals surface area contributed by atoms with E-state index in [9.17, 15) is 0 Å². The first-order valence-corrected chi connectivity index (χ1v) is 7.64. The summed E-state index contributed by atoms with van der Waals surface area (Å²) in [6, 6.07) is 16.1. The maximum Gasteiger partial charge on any atom is 0.157 e. The molecule has 116 valence electrons. The van der Waals surface area contributed by atoms with Crippen molar-refractivity contribution < 1.29 is 0 Å². The Labute approximate surface area is 138 Å². The van der Waals surface area contributed by atoms with Gasteiger partial charge in [-0.2, -0.15) is 5.10 Å². The number of H-pyrrole nitrogens is 1. The lowest BCUT2D eigenvalue weighted by molar-refractivity contribution is 1.27. The normalized spacial score (nSPS) is 12.2. The number of hydrogen-bond donors (Lipinski definition) is 2. The predicted molar refractivity (Wildman–Crippen MR) is 99.0 cm³/mol. The van der Waals surface area contributed by atoms with E-state index < -0.39 is 0 Å². The van der Waals surface area contributed by atoms with Crippen LogP contribution in [0.4, 0.5) is 5.69 Å². The SMILES string of the molecule is C1=Cc2ccccc2NN=C1.c1ccc2c(c1)[nH]c1nccnc12. The molecule has 0 aliphatic carbocycles. The monoisotopic (exact) mass is 313 g/mol. The Kier molecular flexibility index (Phi) is 3.73. The van der Waals surface area contributed by atoms with Crippen LogP contribution in [0.1, 0.15) is 5.56 Å². The van der Waals surface area contributed by atoms with Gasteiger partial charge in [0, 0.05) is 29.5 Å². The van der Waals surface area contributed by atoms with Crippen LogP contribution in [0, 0.1) is 0 Å². The van der Waals surface area contributed by atoms with E-state index in [-0.39, 0.29) is 0 Å². The number of hydrogen-bond acceptors (Lipinski definition) is 4. The number of hydrazone groups is 1. The third-order valence-corrected chi connectivity index (χ3v) is 3.72. The molecule has 3 heterocycles. The van der Waals surface area contributed by atoms with E-state index in [2.05, 4.69) is 25.5 Å². The minimum Gasteiger partial charge on any atom is -0.338 e. The summed E-state index contributed by atoms with van der Waals surface area (Å²) in [5.74, 6) is 0. The zero-order valence-electron chi connectivity index (χ0n) is 12.8. The zero-order chi connectivity index (χ0) is 16.2. The summed E-state index contributed by atoms with van der Waals surface area (Å²) in [7, 11) is 0. The van der Waals surface area contributed by atoms with Gasteiger partial charge in [-0.05, 0) is 23.8 Å². The van der Waals surface area contributed by atoms with Gasteiger partial charge in [-0.1, -0.05) is 42.5 Å². The summed E-state index contributed by atoms with van der Waals surface area (Å²) < 4.78 is 0. The van der Waals surface area contributed by atoms with Gasteiger partial charge in [0.25, 0.3) is 0 Å². The van der Waals surface area contributed by atoms with E-state index in [0.717, 1.165) is 27.8 Å². The summed E-state index contributed by atoms with van der Waals surface area (Å²) in [4.78, 5) is 11.7. The Morgan fingerprint density at radius 3 is 2.67 bits per heavy atom. The molecule has 5 heteroatoms. The molecule has 0 bridgehead atoms. The number of allylic oxidation sites excluding steroid dienone is 1. The zero-order valence-corrected chi connectivity index (χ0v) is 12.8. The summed E-state index contributed by atoms with van der Waals surface area (Å²) >= 11 is 0. The average molecular weight is 313 g/mol. The van der Waals surface area contributed by atoms with E-state index in [4.69, 9.17) is 0 Å². The van der Waals surface area contributed by atoms with Crippen LogP contribution in [0.15, 0.2) is 72.1 Å². The molecular weight excluding hydrogens is 298 g/mol. The van der Waals surface area contributed by atoms with Gasteiger partial charge in [0.05, 0.1) is 5.69 Å². The summed E-state index contributed by atoms with van der Waals surface area (Å²) in [6.07, 6.45) is 9.08. The Balaban J connectivity index is 0.000000123. The molecule has 5 nitrogen and oxygen atoms in total. The van der Waals surface area contributed by atoms with Crippen molar-refractivity contribution in [3.63, 3.8) is 0 Å². The minimum atomic E-state index is 0.851. The van der Waals surface area contributed by atoms with Crippen LogP contribution in [0.5, 0.6) is 0 Å². The van der Waals surface area contributed by atoms with Crippen LogP contribution in [0.3, 0.4) is 0 Å². The first kappa shape index (κ1) is 14.1. The third-order valence-electron chi connectivity index (χ3n) is 3.72. The third kappa shape index (κ3) is 2.75. The van der Waals surface area contributed by atoms with Crippen LogP contribution in [0.25, 0.3) is 28.1 Å². The van der Waals surface area contributed by atoms with Crippen molar-refractivity contribution in [1.29, 1.82) is 0 Å². The molecule has 0 saturated heterocycles. The van der Waals surface area contributed by atoms with Crippen molar-refractivity contribution in [3.8, 4) is 0 Å². The second-order valence-electron chi connectivity index (χ2n) is 5.26. The largest absolute Gasteiger partial charge is 0.338 e. The lowest BCUT2D eigenvalue weighted by Crippen LogP contribution is -1.87. The van der Waals surface area contributed by atoms with Gasteiger partial charge < -0.3 is 4.98 Å².